The van der Waals surface area contributed by atoms with Crippen LogP contribution in [0.1, 0.15) is 17.4 Å². The van der Waals surface area contributed by atoms with Gasteiger partial charge in [0.05, 0.1) is 18.9 Å². The summed E-state index contributed by atoms with van der Waals surface area (Å²) >= 11 is 0. The van der Waals surface area contributed by atoms with Gasteiger partial charge in [-0.05, 0) is 29.8 Å². The van der Waals surface area contributed by atoms with Crippen molar-refractivity contribution in [3.05, 3.63) is 59.6 Å². The summed E-state index contributed by atoms with van der Waals surface area (Å²) in [7, 11) is 0. The van der Waals surface area contributed by atoms with Crippen LogP contribution >= 0.6 is 0 Å². The zero-order valence-corrected chi connectivity index (χ0v) is 12.8. The molecule has 1 saturated heterocycles. The van der Waals surface area contributed by atoms with Crippen LogP contribution in [0.3, 0.4) is 0 Å². The van der Waals surface area contributed by atoms with Crippen molar-refractivity contribution in [2.75, 3.05) is 32.7 Å². The molecule has 0 radical (unpaired) electrons. The Kier molecular flexibility index (Phi) is 5.05. The average molecular weight is 322 g/mol. The van der Waals surface area contributed by atoms with Crippen molar-refractivity contribution in [1.29, 1.82) is 0 Å². The lowest BCUT2D eigenvalue weighted by Crippen LogP contribution is -2.47. The smallest absolute Gasteiger partial charge is 0.159 e. The number of benzene rings is 1. The molecule has 1 atom stereocenters. The SMILES string of the molecule is OC(CN1CCN(Cc2ccco2)CC1)c1ccc(F)c(F)c1. The summed E-state index contributed by atoms with van der Waals surface area (Å²) in [6.07, 6.45) is 0.853. The number of rotatable bonds is 5. The number of halogens is 2. The van der Waals surface area contributed by atoms with Gasteiger partial charge in [-0.2, -0.15) is 0 Å². The minimum atomic E-state index is -0.926. The molecule has 4 nitrogen and oxygen atoms in total. The van der Waals surface area contributed by atoms with Crippen LogP contribution in [0.4, 0.5) is 8.78 Å². The number of nitrogens with zero attached hydrogens (tertiary/aromatic N) is 2. The molecule has 0 saturated carbocycles. The van der Waals surface area contributed by atoms with Crippen LogP contribution in [0.15, 0.2) is 41.0 Å². The Hall–Kier alpha value is -1.76. The highest BCUT2D eigenvalue weighted by Crippen LogP contribution is 2.18. The van der Waals surface area contributed by atoms with Gasteiger partial charge in [-0.25, -0.2) is 8.78 Å². The van der Waals surface area contributed by atoms with Crippen LogP contribution in [0.25, 0.3) is 0 Å². The summed E-state index contributed by atoms with van der Waals surface area (Å²) in [6.45, 7) is 4.60. The van der Waals surface area contributed by atoms with E-state index >= 15 is 0 Å². The number of furan rings is 1. The number of hydrogen-bond acceptors (Lipinski definition) is 4. The maximum Gasteiger partial charge on any atom is 0.159 e. The maximum atomic E-state index is 13.2. The molecule has 2 heterocycles. The molecule has 1 fully saturated rings. The predicted octanol–water partition coefficient (Wildman–Crippen LogP) is 2.41. The van der Waals surface area contributed by atoms with Crippen molar-refractivity contribution in [2.45, 2.75) is 12.6 Å². The van der Waals surface area contributed by atoms with Gasteiger partial charge in [-0.3, -0.25) is 9.80 Å². The molecule has 6 heteroatoms. The fraction of sp³-hybridized carbons (Fsp3) is 0.412. The van der Waals surface area contributed by atoms with E-state index in [2.05, 4.69) is 9.80 Å². The Balaban J connectivity index is 1.49. The van der Waals surface area contributed by atoms with Gasteiger partial charge in [-0.1, -0.05) is 6.07 Å². The maximum absolute atomic E-state index is 13.2. The molecule has 0 aliphatic carbocycles. The highest BCUT2D eigenvalue weighted by molar-refractivity contribution is 5.20. The highest BCUT2D eigenvalue weighted by Gasteiger charge is 2.21. The van der Waals surface area contributed by atoms with E-state index in [-0.39, 0.29) is 0 Å². The van der Waals surface area contributed by atoms with Gasteiger partial charge in [0.15, 0.2) is 11.6 Å². The van der Waals surface area contributed by atoms with Gasteiger partial charge in [0, 0.05) is 32.7 Å². The second kappa shape index (κ2) is 7.21. The minimum absolute atomic E-state index is 0.405. The third-order valence-electron chi connectivity index (χ3n) is 4.18. The zero-order valence-electron chi connectivity index (χ0n) is 12.8. The quantitative estimate of drug-likeness (QED) is 0.918. The van der Waals surface area contributed by atoms with Crippen LogP contribution in [0.5, 0.6) is 0 Å². The van der Waals surface area contributed by atoms with E-state index in [4.69, 9.17) is 4.42 Å². The van der Waals surface area contributed by atoms with Gasteiger partial charge >= 0.3 is 0 Å². The van der Waals surface area contributed by atoms with Gasteiger partial charge in [0.2, 0.25) is 0 Å². The van der Waals surface area contributed by atoms with Crippen molar-refractivity contribution in [2.24, 2.45) is 0 Å². The van der Waals surface area contributed by atoms with E-state index in [0.29, 0.717) is 12.1 Å². The molecule has 1 aromatic carbocycles. The van der Waals surface area contributed by atoms with E-state index in [1.54, 1.807) is 6.26 Å². The van der Waals surface area contributed by atoms with Crippen molar-refractivity contribution in [3.8, 4) is 0 Å². The minimum Gasteiger partial charge on any atom is -0.468 e. The third-order valence-corrected chi connectivity index (χ3v) is 4.18. The van der Waals surface area contributed by atoms with Crippen molar-refractivity contribution in [3.63, 3.8) is 0 Å². The topological polar surface area (TPSA) is 39.9 Å². The lowest BCUT2D eigenvalue weighted by molar-refractivity contribution is 0.0676. The molecule has 0 bridgehead atoms. The lowest BCUT2D eigenvalue weighted by atomic mass is 10.1. The molecular weight excluding hydrogens is 302 g/mol. The number of hydrogen-bond donors (Lipinski definition) is 1. The largest absolute Gasteiger partial charge is 0.468 e. The second-order valence-electron chi connectivity index (χ2n) is 5.85. The summed E-state index contributed by atoms with van der Waals surface area (Å²) in [5, 5.41) is 10.2. The molecule has 2 aromatic rings. The molecule has 124 valence electrons. The molecule has 0 spiro atoms. The predicted molar refractivity (Wildman–Crippen MR) is 81.7 cm³/mol. The van der Waals surface area contributed by atoms with Gasteiger partial charge < -0.3 is 9.52 Å². The highest BCUT2D eigenvalue weighted by atomic mass is 19.2. The fourth-order valence-electron chi connectivity index (χ4n) is 2.82. The molecular formula is C17H20F2N2O2. The number of aliphatic hydroxyl groups excluding tert-OH is 1. The monoisotopic (exact) mass is 322 g/mol. The van der Waals surface area contributed by atoms with Crippen LogP contribution in [0, 0.1) is 11.6 Å². The number of piperazine rings is 1. The molecule has 1 aliphatic rings. The Morgan fingerprint density at radius 1 is 1.04 bits per heavy atom. The summed E-state index contributed by atoms with van der Waals surface area (Å²) < 4.78 is 31.5. The molecule has 0 amide bonds. The first-order valence-electron chi connectivity index (χ1n) is 7.72. The summed E-state index contributed by atoms with van der Waals surface area (Å²) in [5.41, 5.74) is 0.405. The van der Waals surface area contributed by atoms with Gasteiger partial charge in [0.25, 0.3) is 0 Å². The normalized spacial score (nSPS) is 18.2. The Bertz CT molecular complexity index is 626. The van der Waals surface area contributed by atoms with Crippen LogP contribution in [0.2, 0.25) is 0 Å². The fourth-order valence-corrected chi connectivity index (χ4v) is 2.82. The van der Waals surface area contributed by atoms with E-state index in [0.717, 1.165) is 50.6 Å². The van der Waals surface area contributed by atoms with Crippen molar-refractivity contribution < 1.29 is 18.3 Å². The molecule has 23 heavy (non-hydrogen) atoms. The van der Waals surface area contributed by atoms with Gasteiger partial charge in [-0.15, -0.1) is 0 Å². The van der Waals surface area contributed by atoms with Gasteiger partial charge in [0.1, 0.15) is 5.76 Å². The molecule has 1 N–H and O–H groups in total. The number of β-amino-alcohol motifs (C(OH)–C–C–N with tert-alkyl or cyclic N) is 1. The molecule has 1 aliphatic heterocycles. The van der Waals surface area contributed by atoms with E-state index < -0.39 is 17.7 Å². The number of aliphatic hydroxyl groups is 1. The molecule has 1 unspecified atom stereocenters. The Morgan fingerprint density at radius 2 is 1.78 bits per heavy atom. The Labute approximate surface area is 133 Å². The molecule has 1 aromatic heterocycles. The first kappa shape index (κ1) is 16.1. The standard InChI is InChI=1S/C17H20F2N2O2/c18-15-4-3-13(10-16(15)19)17(22)12-21-7-5-20(6-8-21)11-14-2-1-9-23-14/h1-4,9-10,17,22H,5-8,11-12H2. The van der Waals surface area contributed by atoms with Crippen LogP contribution in [-0.2, 0) is 6.54 Å². The van der Waals surface area contributed by atoms with Crippen molar-refractivity contribution in [1.82, 2.24) is 9.80 Å². The Morgan fingerprint density at radius 3 is 2.43 bits per heavy atom. The summed E-state index contributed by atoms with van der Waals surface area (Å²) in [6, 6.07) is 7.38. The van der Waals surface area contributed by atoms with Crippen LogP contribution < -0.4 is 0 Å². The first-order valence-corrected chi connectivity index (χ1v) is 7.72. The second-order valence-corrected chi connectivity index (χ2v) is 5.85. The van der Waals surface area contributed by atoms with E-state index in [1.807, 2.05) is 12.1 Å². The lowest BCUT2D eigenvalue weighted by Gasteiger charge is -2.35. The van der Waals surface area contributed by atoms with Crippen molar-refractivity contribution >= 4 is 0 Å². The average Bonchev–Trinajstić information content (AvgIpc) is 3.05. The third kappa shape index (κ3) is 4.16. The molecule has 3 rings (SSSR count). The summed E-state index contributed by atoms with van der Waals surface area (Å²) in [4.78, 5) is 4.42. The van der Waals surface area contributed by atoms with E-state index in [1.165, 1.54) is 6.07 Å². The van der Waals surface area contributed by atoms with E-state index in [9.17, 15) is 13.9 Å². The summed E-state index contributed by atoms with van der Waals surface area (Å²) in [5.74, 6) is -0.877. The zero-order chi connectivity index (χ0) is 16.2. The van der Waals surface area contributed by atoms with Crippen LogP contribution in [-0.4, -0.2) is 47.6 Å². The first-order chi connectivity index (χ1) is 11.1.